The Morgan fingerprint density at radius 2 is 1.95 bits per heavy atom. The molecule has 0 bridgehead atoms. The summed E-state index contributed by atoms with van der Waals surface area (Å²) in [5.74, 6) is -1.74. The highest BCUT2D eigenvalue weighted by Gasteiger charge is 2.20. The van der Waals surface area contributed by atoms with Crippen molar-refractivity contribution < 1.29 is 19.6 Å². The van der Waals surface area contributed by atoms with Gasteiger partial charge in [-0.15, -0.1) is 0 Å². The molecule has 0 spiro atoms. The number of hydrogen-bond acceptors (Lipinski definition) is 5. The Kier molecular flexibility index (Phi) is 5.60. The fourth-order valence-corrected chi connectivity index (χ4v) is 1.56. The monoisotopic (exact) mass is 281 g/mol. The van der Waals surface area contributed by atoms with Crippen LogP contribution in [0.15, 0.2) is 24.3 Å². The van der Waals surface area contributed by atoms with E-state index in [1.165, 1.54) is 24.3 Å². The van der Waals surface area contributed by atoms with Gasteiger partial charge < -0.3 is 16.2 Å². The van der Waals surface area contributed by atoms with E-state index < -0.39 is 22.8 Å². The molecule has 0 aliphatic carbocycles. The first-order valence-electron chi connectivity index (χ1n) is 5.94. The van der Waals surface area contributed by atoms with Crippen molar-refractivity contribution in [2.45, 2.75) is 18.9 Å². The molecule has 4 N–H and O–H groups in total. The van der Waals surface area contributed by atoms with Gasteiger partial charge in [0.25, 0.3) is 11.6 Å². The average Bonchev–Trinajstić information content (AvgIpc) is 2.42. The Morgan fingerprint density at radius 3 is 2.40 bits per heavy atom. The highest BCUT2D eigenvalue weighted by molar-refractivity contribution is 5.96. The molecule has 0 aromatic heterocycles. The molecule has 108 valence electrons. The second kappa shape index (κ2) is 7.19. The van der Waals surface area contributed by atoms with E-state index in [0.717, 1.165) is 0 Å². The molecule has 1 rings (SSSR count). The number of carboxylic acids is 1. The molecule has 20 heavy (non-hydrogen) atoms. The predicted octanol–water partition coefficient (Wildman–Crippen LogP) is 0.517. The van der Waals surface area contributed by atoms with Crippen LogP contribution in [-0.2, 0) is 4.79 Å². The van der Waals surface area contributed by atoms with Gasteiger partial charge in [0.15, 0.2) is 0 Å². The van der Waals surface area contributed by atoms with Gasteiger partial charge in [-0.3, -0.25) is 14.9 Å². The summed E-state index contributed by atoms with van der Waals surface area (Å²) in [5, 5.41) is 21.8. The molecule has 1 aromatic carbocycles. The van der Waals surface area contributed by atoms with E-state index in [-0.39, 0.29) is 17.7 Å². The number of carbonyl (C=O) groups is 2. The maximum atomic E-state index is 11.8. The SMILES string of the molecule is NCCC[C@H](NC(=O)c1ccc([N+](=O)[O-])cc1)C(=O)O. The van der Waals surface area contributed by atoms with Gasteiger partial charge >= 0.3 is 5.97 Å². The van der Waals surface area contributed by atoms with Crippen molar-refractivity contribution in [1.29, 1.82) is 0 Å². The van der Waals surface area contributed by atoms with Crippen LogP contribution in [-0.4, -0.2) is 34.5 Å². The molecule has 1 amide bonds. The highest BCUT2D eigenvalue weighted by atomic mass is 16.6. The first-order valence-corrected chi connectivity index (χ1v) is 5.94. The summed E-state index contributed by atoms with van der Waals surface area (Å²) in [6.45, 7) is 0.331. The number of benzene rings is 1. The summed E-state index contributed by atoms with van der Waals surface area (Å²) >= 11 is 0. The van der Waals surface area contributed by atoms with E-state index in [1.54, 1.807) is 0 Å². The number of non-ortho nitro benzene ring substituents is 1. The van der Waals surface area contributed by atoms with Gasteiger partial charge in [-0.2, -0.15) is 0 Å². The zero-order valence-corrected chi connectivity index (χ0v) is 10.6. The number of carboxylic acid groups (broad SMARTS) is 1. The largest absolute Gasteiger partial charge is 0.480 e. The van der Waals surface area contributed by atoms with E-state index in [2.05, 4.69) is 5.32 Å². The van der Waals surface area contributed by atoms with Gasteiger partial charge in [0, 0.05) is 17.7 Å². The van der Waals surface area contributed by atoms with Crippen LogP contribution in [0.25, 0.3) is 0 Å². The fourth-order valence-electron chi connectivity index (χ4n) is 1.56. The quantitative estimate of drug-likeness (QED) is 0.492. The number of nitro benzene ring substituents is 1. The van der Waals surface area contributed by atoms with Crippen LogP contribution in [0.5, 0.6) is 0 Å². The number of nitro groups is 1. The van der Waals surface area contributed by atoms with Crippen molar-refractivity contribution in [3.63, 3.8) is 0 Å². The Morgan fingerprint density at radius 1 is 1.35 bits per heavy atom. The lowest BCUT2D eigenvalue weighted by molar-refractivity contribution is -0.384. The second-order valence-corrected chi connectivity index (χ2v) is 4.10. The number of amides is 1. The minimum atomic E-state index is -1.14. The van der Waals surface area contributed by atoms with E-state index >= 15 is 0 Å². The summed E-state index contributed by atoms with van der Waals surface area (Å²) in [6, 6.07) is 3.89. The molecular weight excluding hydrogens is 266 g/mol. The van der Waals surface area contributed by atoms with Crippen molar-refractivity contribution in [1.82, 2.24) is 5.32 Å². The number of rotatable bonds is 7. The topological polar surface area (TPSA) is 136 Å². The number of nitrogens with zero attached hydrogens (tertiary/aromatic N) is 1. The third kappa shape index (κ3) is 4.32. The Bertz CT molecular complexity index is 500. The normalized spacial score (nSPS) is 11.7. The first-order chi connectivity index (χ1) is 9.45. The zero-order chi connectivity index (χ0) is 15.1. The van der Waals surface area contributed by atoms with E-state index in [9.17, 15) is 19.7 Å². The number of nitrogens with two attached hydrogens (primary N) is 1. The lowest BCUT2D eigenvalue weighted by Crippen LogP contribution is -2.41. The van der Waals surface area contributed by atoms with Crippen LogP contribution in [0.1, 0.15) is 23.2 Å². The first kappa shape index (κ1) is 15.6. The van der Waals surface area contributed by atoms with Crippen molar-refractivity contribution in [3.8, 4) is 0 Å². The number of carbonyl (C=O) groups excluding carboxylic acids is 1. The van der Waals surface area contributed by atoms with Crippen molar-refractivity contribution in [2.75, 3.05) is 6.54 Å². The zero-order valence-electron chi connectivity index (χ0n) is 10.6. The van der Waals surface area contributed by atoms with Crippen LogP contribution in [0, 0.1) is 10.1 Å². The number of nitrogens with one attached hydrogen (secondary N) is 1. The molecular formula is C12H15N3O5. The molecule has 0 aliphatic heterocycles. The number of aliphatic carboxylic acids is 1. The molecule has 0 radical (unpaired) electrons. The second-order valence-electron chi connectivity index (χ2n) is 4.10. The maximum Gasteiger partial charge on any atom is 0.326 e. The summed E-state index contributed by atoms with van der Waals surface area (Å²) in [6.07, 6.45) is 0.696. The minimum Gasteiger partial charge on any atom is -0.480 e. The molecule has 0 unspecified atom stereocenters. The molecule has 1 atom stereocenters. The summed E-state index contributed by atoms with van der Waals surface area (Å²) in [7, 11) is 0. The Balaban J connectivity index is 2.73. The van der Waals surface area contributed by atoms with Crippen LogP contribution in [0.2, 0.25) is 0 Å². The standard InChI is InChI=1S/C12H15N3O5/c13-7-1-2-10(12(17)18)14-11(16)8-3-5-9(6-4-8)15(19)20/h3-6,10H,1-2,7,13H2,(H,14,16)(H,17,18)/t10-/m0/s1. The summed E-state index contributed by atoms with van der Waals surface area (Å²) in [5.41, 5.74) is 5.32. The number of hydrogen-bond donors (Lipinski definition) is 3. The third-order valence-electron chi connectivity index (χ3n) is 2.64. The van der Waals surface area contributed by atoms with Crippen LogP contribution >= 0.6 is 0 Å². The molecule has 0 heterocycles. The molecule has 8 heteroatoms. The van der Waals surface area contributed by atoms with E-state index in [0.29, 0.717) is 13.0 Å². The van der Waals surface area contributed by atoms with Gasteiger partial charge in [-0.25, -0.2) is 4.79 Å². The third-order valence-corrected chi connectivity index (χ3v) is 2.64. The average molecular weight is 281 g/mol. The maximum absolute atomic E-state index is 11.8. The van der Waals surface area contributed by atoms with Crippen molar-refractivity contribution in [2.24, 2.45) is 5.73 Å². The van der Waals surface area contributed by atoms with Crippen LogP contribution in [0.3, 0.4) is 0 Å². The van der Waals surface area contributed by atoms with Gasteiger partial charge in [0.05, 0.1) is 4.92 Å². The van der Waals surface area contributed by atoms with Gasteiger partial charge in [-0.1, -0.05) is 0 Å². The lowest BCUT2D eigenvalue weighted by Gasteiger charge is -2.13. The smallest absolute Gasteiger partial charge is 0.326 e. The van der Waals surface area contributed by atoms with Crippen LogP contribution < -0.4 is 11.1 Å². The molecule has 1 aromatic rings. The van der Waals surface area contributed by atoms with Gasteiger partial charge in [-0.05, 0) is 31.5 Å². The fraction of sp³-hybridized carbons (Fsp3) is 0.333. The molecule has 0 saturated carbocycles. The van der Waals surface area contributed by atoms with Crippen LogP contribution in [0.4, 0.5) is 5.69 Å². The van der Waals surface area contributed by atoms with Crippen molar-refractivity contribution in [3.05, 3.63) is 39.9 Å². The molecule has 0 fully saturated rings. The van der Waals surface area contributed by atoms with Gasteiger partial charge in [0.2, 0.25) is 0 Å². The molecule has 0 saturated heterocycles. The van der Waals surface area contributed by atoms with E-state index in [4.69, 9.17) is 10.8 Å². The molecule has 8 nitrogen and oxygen atoms in total. The lowest BCUT2D eigenvalue weighted by atomic mass is 10.1. The molecule has 0 aliphatic rings. The Labute approximate surface area is 114 Å². The van der Waals surface area contributed by atoms with E-state index in [1.807, 2.05) is 0 Å². The summed E-state index contributed by atoms with van der Waals surface area (Å²) < 4.78 is 0. The van der Waals surface area contributed by atoms with Gasteiger partial charge in [0.1, 0.15) is 6.04 Å². The Hall–Kier alpha value is -2.48. The predicted molar refractivity (Wildman–Crippen MR) is 70.3 cm³/mol. The minimum absolute atomic E-state index is 0.139. The van der Waals surface area contributed by atoms with Crippen molar-refractivity contribution >= 4 is 17.6 Å². The highest BCUT2D eigenvalue weighted by Crippen LogP contribution is 2.12. The summed E-state index contributed by atoms with van der Waals surface area (Å²) in [4.78, 5) is 32.7.